The van der Waals surface area contributed by atoms with Crippen LogP contribution in [0.4, 0.5) is 0 Å². The van der Waals surface area contributed by atoms with E-state index in [-0.39, 0.29) is 5.57 Å². The molecule has 0 saturated carbocycles. The van der Waals surface area contributed by atoms with Crippen LogP contribution in [0.3, 0.4) is 0 Å². The van der Waals surface area contributed by atoms with E-state index in [9.17, 15) is 10.1 Å². The lowest BCUT2D eigenvalue weighted by Crippen LogP contribution is -2.15. The molecule has 0 radical (unpaired) electrons. The molecule has 0 aliphatic carbocycles. The quantitative estimate of drug-likeness (QED) is 0.330. The van der Waals surface area contributed by atoms with E-state index < -0.39 is 5.91 Å². The molecule has 0 aliphatic rings. The molecule has 2 aromatic carbocycles. The number of hydrogen-bond donors (Lipinski definition) is 0. The lowest BCUT2D eigenvalue weighted by Gasteiger charge is -2.15. The zero-order chi connectivity index (χ0) is 22.4. The molecule has 158 valence electrons. The smallest absolute Gasteiger partial charge is 0.289 e. The Hall–Kier alpha value is -3.37. The SMILES string of the molecule is CCOc1cc(/C=C(\C#N)C(=O)n2nc(C)cc2C)cc(Br)c1OCc1ccccc1. The molecule has 0 spiro atoms. The van der Waals surface area contributed by atoms with Gasteiger partial charge in [0.2, 0.25) is 0 Å². The summed E-state index contributed by atoms with van der Waals surface area (Å²) in [6.07, 6.45) is 1.52. The highest BCUT2D eigenvalue weighted by molar-refractivity contribution is 9.10. The van der Waals surface area contributed by atoms with E-state index in [1.165, 1.54) is 10.8 Å². The van der Waals surface area contributed by atoms with Gasteiger partial charge in [-0.1, -0.05) is 30.3 Å². The van der Waals surface area contributed by atoms with E-state index >= 15 is 0 Å². The topological polar surface area (TPSA) is 77.1 Å². The van der Waals surface area contributed by atoms with Crippen LogP contribution in [0.5, 0.6) is 11.5 Å². The van der Waals surface area contributed by atoms with Gasteiger partial charge in [-0.05, 0) is 72.1 Å². The van der Waals surface area contributed by atoms with E-state index in [1.54, 1.807) is 32.0 Å². The maximum Gasteiger partial charge on any atom is 0.289 e. The average molecular weight is 480 g/mol. The van der Waals surface area contributed by atoms with Crippen LogP contribution >= 0.6 is 15.9 Å². The third-order valence-electron chi connectivity index (χ3n) is 4.42. The molecule has 0 N–H and O–H groups in total. The molecule has 1 heterocycles. The summed E-state index contributed by atoms with van der Waals surface area (Å²) < 4.78 is 13.6. The van der Waals surface area contributed by atoms with Crippen molar-refractivity contribution in [2.45, 2.75) is 27.4 Å². The molecule has 0 saturated heterocycles. The lowest BCUT2D eigenvalue weighted by molar-refractivity contribution is 0.0943. The highest BCUT2D eigenvalue weighted by Gasteiger charge is 2.17. The number of aromatic nitrogens is 2. The molecule has 0 bridgehead atoms. The number of nitriles is 1. The monoisotopic (exact) mass is 479 g/mol. The van der Waals surface area contributed by atoms with Gasteiger partial charge in [0.05, 0.1) is 16.8 Å². The van der Waals surface area contributed by atoms with Gasteiger partial charge in [-0.25, -0.2) is 4.68 Å². The summed E-state index contributed by atoms with van der Waals surface area (Å²) in [6.45, 7) is 6.28. The number of carbonyl (C=O) groups is 1. The van der Waals surface area contributed by atoms with Crippen LogP contribution in [0.1, 0.15) is 34.2 Å². The number of carbonyl (C=O) groups excluding carboxylic acids is 1. The minimum Gasteiger partial charge on any atom is -0.490 e. The molecule has 1 aromatic heterocycles. The fourth-order valence-electron chi connectivity index (χ4n) is 3.06. The molecule has 7 heteroatoms. The number of halogens is 1. The van der Waals surface area contributed by atoms with Gasteiger partial charge in [-0.15, -0.1) is 0 Å². The summed E-state index contributed by atoms with van der Waals surface area (Å²) in [5.74, 6) is 0.604. The molecule has 0 amide bonds. The molecule has 6 nitrogen and oxygen atoms in total. The van der Waals surface area contributed by atoms with Crippen LogP contribution < -0.4 is 9.47 Å². The summed E-state index contributed by atoms with van der Waals surface area (Å²) in [4.78, 5) is 12.8. The summed E-state index contributed by atoms with van der Waals surface area (Å²) in [7, 11) is 0. The second-order valence-electron chi connectivity index (χ2n) is 6.85. The Kier molecular flexibility index (Phi) is 7.27. The van der Waals surface area contributed by atoms with Crippen LogP contribution in [0.25, 0.3) is 6.08 Å². The van der Waals surface area contributed by atoms with Gasteiger partial charge in [0.25, 0.3) is 5.91 Å². The van der Waals surface area contributed by atoms with E-state index in [0.717, 1.165) is 5.56 Å². The van der Waals surface area contributed by atoms with Crippen molar-refractivity contribution in [3.63, 3.8) is 0 Å². The standard InChI is InChI=1S/C24H22BrN3O3/c1-4-30-22-13-19(11-20(14-26)24(29)28-17(3)10-16(2)27-28)12-21(25)23(22)31-15-18-8-6-5-7-9-18/h5-13H,4,15H2,1-3H3/b20-11+. The number of benzene rings is 2. The van der Waals surface area contributed by atoms with E-state index in [1.807, 2.05) is 43.3 Å². The first-order valence-corrected chi connectivity index (χ1v) is 10.5. The van der Waals surface area contributed by atoms with Crippen molar-refractivity contribution in [1.29, 1.82) is 5.26 Å². The van der Waals surface area contributed by atoms with Gasteiger partial charge in [0, 0.05) is 5.69 Å². The third kappa shape index (κ3) is 5.41. The molecule has 3 rings (SSSR count). The third-order valence-corrected chi connectivity index (χ3v) is 5.01. The maximum atomic E-state index is 12.8. The summed E-state index contributed by atoms with van der Waals surface area (Å²) >= 11 is 3.53. The zero-order valence-corrected chi connectivity index (χ0v) is 19.1. The van der Waals surface area contributed by atoms with Crippen molar-refractivity contribution >= 4 is 27.9 Å². The molecule has 31 heavy (non-hydrogen) atoms. The van der Waals surface area contributed by atoms with E-state index in [2.05, 4.69) is 21.0 Å². The van der Waals surface area contributed by atoms with Crippen LogP contribution in [0, 0.1) is 25.2 Å². The van der Waals surface area contributed by atoms with Crippen LogP contribution in [0.15, 0.2) is 58.6 Å². The number of aryl methyl sites for hydroxylation is 2. The van der Waals surface area contributed by atoms with Crippen molar-refractivity contribution in [1.82, 2.24) is 9.78 Å². The summed E-state index contributed by atoms with van der Waals surface area (Å²) in [5.41, 5.74) is 3.02. The number of rotatable bonds is 7. The van der Waals surface area contributed by atoms with E-state index in [4.69, 9.17) is 9.47 Å². The second-order valence-corrected chi connectivity index (χ2v) is 7.71. The van der Waals surface area contributed by atoms with Crippen molar-refractivity contribution in [2.24, 2.45) is 0 Å². The van der Waals surface area contributed by atoms with Crippen LogP contribution in [0.2, 0.25) is 0 Å². The zero-order valence-electron chi connectivity index (χ0n) is 17.6. The number of nitrogens with zero attached hydrogens (tertiary/aromatic N) is 3. The first-order chi connectivity index (χ1) is 14.9. The Morgan fingerprint density at radius 3 is 2.55 bits per heavy atom. The number of ether oxygens (including phenoxy) is 2. The Labute approximate surface area is 189 Å². The maximum absolute atomic E-state index is 12.8. The lowest BCUT2D eigenvalue weighted by atomic mass is 10.1. The summed E-state index contributed by atoms with van der Waals surface area (Å²) in [5, 5.41) is 13.7. The van der Waals surface area contributed by atoms with E-state index in [0.29, 0.717) is 46.1 Å². The minimum absolute atomic E-state index is 0.0292. The first-order valence-electron chi connectivity index (χ1n) is 9.75. The fraction of sp³-hybridized carbons (Fsp3) is 0.208. The van der Waals surface area contributed by atoms with Gasteiger partial charge in [0.1, 0.15) is 18.2 Å². The Morgan fingerprint density at radius 1 is 1.19 bits per heavy atom. The predicted molar refractivity (Wildman–Crippen MR) is 122 cm³/mol. The normalized spacial score (nSPS) is 11.1. The van der Waals surface area contributed by atoms with Gasteiger partial charge in [-0.2, -0.15) is 10.4 Å². The average Bonchev–Trinajstić information content (AvgIpc) is 3.09. The van der Waals surface area contributed by atoms with Gasteiger partial charge in [-0.3, -0.25) is 4.79 Å². The number of allylic oxidation sites excluding steroid dienone is 1. The highest BCUT2D eigenvalue weighted by atomic mass is 79.9. The molecule has 3 aromatic rings. The van der Waals surface area contributed by atoms with Gasteiger partial charge < -0.3 is 9.47 Å². The predicted octanol–water partition coefficient (Wildman–Crippen LogP) is 5.49. The second kappa shape index (κ2) is 10.1. The van der Waals surface area contributed by atoms with Crippen molar-refractivity contribution < 1.29 is 14.3 Å². The Morgan fingerprint density at radius 2 is 1.94 bits per heavy atom. The molecule has 0 atom stereocenters. The molecule has 0 fully saturated rings. The summed E-state index contributed by atoms with van der Waals surface area (Å²) in [6, 6.07) is 17.1. The largest absolute Gasteiger partial charge is 0.490 e. The van der Waals surface area contributed by atoms with Gasteiger partial charge in [0.15, 0.2) is 11.5 Å². The van der Waals surface area contributed by atoms with Crippen molar-refractivity contribution in [3.8, 4) is 17.6 Å². The molecular weight excluding hydrogens is 458 g/mol. The first kappa shape index (κ1) is 22.3. The van der Waals surface area contributed by atoms with Crippen molar-refractivity contribution in [2.75, 3.05) is 6.61 Å². The fourth-order valence-corrected chi connectivity index (χ4v) is 3.64. The number of hydrogen-bond acceptors (Lipinski definition) is 5. The molecule has 0 unspecified atom stereocenters. The highest BCUT2D eigenvalue weighted by Crippen LogP contribution is 2.38. The molecule has 0 aliphatic heterocycles. The van der Waals surface area contributed by atoms with Gasteiger partial charge >= 0.3 is 0 Å². The van der Waals surface area contributed by atoms with Crippen molar-refractivity contribution in [3.05, 3.63) is 81.1 Å². The van der Waals surface area contributed by atoms with Crippen LogP contribution in [-0.4, -0.2) is 22.3 Å². The Balaban J connectivity index is 1.92. The Bertz CT molecular complexity index is 1160. The molecular formula is C24H22BrN3O3. The minimum atomic E-state index is -0.480. The van der Waals surface area contributed by atoms with Crippen LogP contribution in [-0.2, 0) is 6.61 Å².